The number of benzene rings is 2. The minimum atomic E-state index is -3.85. The number of hydrogen-bond donors (Lipinski definition) is 1. The van der Waals surface area contributed by atoms with Crippen LogP contribution in [-0.2, 0) is 10.0 Å². The molecule has 0 fully saturated rings. The molecule has 0 atom stereocenters. The Morgan fingerprint density at radius 3 is 2.62 bits per heavy atom. The first kappa shape index (κ1) is 23.7. The number of ether oxygens (including phenoxy) is 1. The average Bonchev–Trinajstić information content (AvgIpc) is 3.10. The first-order chi connectivity index (χ1) is 15.1. The van der Waals surface area contributed by atoms with Gasteiger partial charge in [0.1, 0.15) is 33.5 Å². The molecule has 2 aromatic carbocycles. The minimum Gasteiger partial charge on any atom is -0.492 e. The number of nitrogens with one attached hydrogen (secondary N) is 1. The maximum absolute atomic E-state index is 14.4. The summed E-state index contributed by atoms with van der Waals surface area (Å²) in [5.41, 5.74) is 0.0295. The van der Waals surface area contributed by atoms with Crippen molar-refractivity contribution in [1.29, 1.82) is 0 Å². The largest absolute Gasteiger partial charge is 0.492 e. The third-order valence-corrected chi connectivity index (χ3v) is 6.70. The Kier molecular flexibility index (Phi) is 6.87. The van der Waals surface area contributed by atoms with Gasteiger partial charge in [-0.05, 0) is 44.2 Å². The van der Waals surface area contributed by atoms with Gasteiger partial charge in [0.05, 0.1) is 17.2 Å². The number of carbonyl (C=O) groups is 1. The van der Waals surface area contributed by atoms with Crippen molar-refractivity contribution in [3.05, 3.63) is 58.6 Å². The van der Waals surface area contributed by atoms with E-state index in [4.69, 9.17) is 20.9 Å². The fourth-order valence-electron chi connectivity index (χ4n) is 2.99. The molecule has 1 N–H and O–H groups in total. The maximum Gasteiger partial charge on any atom is 0.261 e. The summed E-state index contributed by atoms with van der Waals surface area (Å²) >= 11 is 6.12. The van der Waals surface area contributed by atoms with Gasteiger partial charge >= 0.3 is 0 Å². The van der Waals surface area contributed by atoms with E-state index in [0.29, 0.717) is 0 Å². The third kappa shape index (κ3) is 4.47. The number of anilines is 1. The zero-order valence-corrected chi connectivity index (χ0v) is 19.3. The third-order valence-electron chi connectivity index (χ3n) is 4.55. The molecule has 0 aliphatic carbocycles. The van der Waals surface area contributed by atoms with Crippen molar-refractivity contribution in [1.82, 2.24) is 9.46 Å². The van der Waals surface area contributed by atoms with Gasteiger partial charge in [0.15, 0.2) is 0 Å². The van der Waals surface area contributed by atoms with Crippen LogP contribution in [0, 0.1) is 12.7 Å². The van der Waals surface area contributed by atoms with Crippen LogP contribution in [0.2, 0.25) is 5.02 Å². The van der Waals surface area contributed by atoms with Crippen molar-refractivity contribution in [2.75, 3.05) is 26.0 Å². The van der Waals surface area contributed by atoms with E-state index in [9.17, 15) is 17.6 Å². The Balaban J connectivity index is 2.03. The zero-order valence-electron chi connectivity index (χ0n) is 17.8. The Morgan fingerprint density at radius 1 is 1.28 bits per heavy atom. The molecule has 11 heteroatoms. The standard InChI is InChI=1S/C21H21ClFN3O5S/c1-5-30-16-10-9-13(11-17(16)32(28,29)26(3)4)24-21(27)18-12(2)31-25-20(18)19-14(22)7-6-8-15(19)23/h6-11H,5H2,1-4H3,(H,24,27). The highest BCUT2D eigenvalue weighted by atomic mass is 35.5. The van der Waals surface area contributed by atoms with Gasteiger partial charge in [0.25, 0.3) is 5.91 Å². The molecule has 0 aliphatic heterocycles. The molecule has 0 spiro atoms. The summed E-state index contributed by atoms with van der Waals surface area (Å²) in [4.78, 5) is 12.9. The van der Waals surface area contributed by atoms with Crippen molar-refractivity contribution in [3.63, 3.8) is 0 Å². The average molecular weight is 482 g/mol. The lowest BCUT2D eigenvalue weighted by Gasteiger charge is -2.16. The molecule has 0 saturated heterocycles. The molecule has 0 unspecified atom stereocenters. The molecule has 1 amide bonds. The lowest BCUT2D eigenvalue weighted by atomic mass is 10.0. The highest BCUT2D eigenvalue weighted by Gasteiger charge is 2.27. The topological polar surface area (TPSA) is 102 Å². The number of rotatable bonds is 7. The van der Waals surface area contributed by atoms with Crippen molar-refractivity contribution >= 4 is 33.2 Å². The molecule has 3 aromatic rings. The highest BCUT2D eigenvalue weighted by Crippen LogP contribution is 2.34. The van der Waals surface area contributed by atoms with Crippen LogP contribution in [0.1, 0.15) is 23.0 Å². The van der Waals surface area contributed by atoms with Crippen LogP contribution in [0.5, 0.6) is 5.75 Å². The summed E-state index contributed by atoms with van der Waals surface area (Å²) in [6, 6.07) is 8.33. The minimum absolute atomic E-state index is 0.0251. The van der Waals surface area contributed by atoms with Gasteiger partial charge in [-0.2, -0.15) is 0 Å². The number of aryl methyl sites for hydroxylation is 1. The van der Waals surface area contributed by atoms with Crippen LogP contribution in [0.4, 0.5) is 10.1 Å². The molecule has 0 bridgehead atoms. The van der Waals surface area contributed by atoms with Gasteiger partial charge in [-0.1, -0.05) is 22.8 Å². The van der Waals surface area contributed by atoms with Gasteiger partial charge < -0.3 is 14.6 Å². The first-order valence-corrected chi connectivity index (χ1v) is 11.3. The van der Waals surface area contributed by atoms with Gasteiger partial charge in [-0.25, -0.2) is 17.1 Å². The molecule has 0 saturated carbocycles. The number of amides is 1. The van der Waals surface area contributed by atoms with E-state index in [2.05, 4.69) is 10.5 Å². The van der Waals surface area contributed by atoms with E-state index < -0.39 is 21.7 Å². The number of nitrogens with zero attached hydrogens (tertiary/aromatic N) is 2. The quantitative estimate of drug-likeness (QED) is 0.538. The Morgan fingerprint density at radius 2 is 2.00 bits per heavy atom. The van der Waals surface area contributed by atoms with E-state index in [-0.39, 0.29) is 50.5 Å². The van der Waals surface area contributed by atoms with Crippen molar-refractivity contribution in [2.45, 2.75) is 18.7 Å². The van der Waals surface area contributed by atoms with Crippen molar-refractivity contribution in [3.8, 4) is 17.0 Å². The Hall–Kier alpha value is -2.95. The van der Waals surface area contributed by atoms with E-state index in [1.54, 1.807) is 6.92 Å². The second kappa shape index (κ2) is 9.27. The monoisotopic (exact) mass is 481 g/mol. The molecule has 32 heavy (non-hydrogen) atoms. The number of hydrogen-bond acceptors (Lipinski definition) is 6. The van der Waals surface area contributed by atoms with Gasteiger partial charge in [0.2, 0.25) is 10.0 Å². The van der Waals surface area contributed by atoms with Crippen LogP contribution in [0.3, 0.4) is 0 Å². The molecule has 0 radical (unpaired) electrons. The molecule has 0 aliphatic rings. The molecule has 3 rings (SSSR count). The summed E-state index contributed by atoms with van der Waals surface area (Å²) in [6.07, 6.45) is 0. The molecule has 8 nitrogen and oxygen atoms in total. The first-order valence-electron chi connectivity index (χ1n) is 9.49. The number of halogens is 2. The highest BCUT2D eigenvalue weighted by molar-refractivity contribution is 7.89. The molecular formula is C21H21ClFN3O5S. The molecule has 1 aromatic heterocycles. The fourth-order valence-corrected chi connectivity index (χ4v) is 4.29. The maximum atomic E-state index is 14.4. The van der Waals surface area contributed by atoms with Crippen LogP contribution in [-0.4, -0.2) is 44.5 Å². The van der Waals surface area contributed by atoms with Crippen LogP contribution >= 0.6 is 11.6 Å². The zero-order chi connectivity index (χ0) is 23.6. The summed E-state index contributed by atoms with van der Waals surface area (Å²) in [5, 5.41) is 6.48. The normalized spacial score (nSPS) is 11.6. The molecule has 1 heterocycles. The Bertz CT molecular complexity index is 1250. The molecular weight excluding hydrogens is 461 g/mol. The van der Waals surface area contributed by atoms with E-state index in [0.717, 1.165) is 4.31 Å². The number of aromatic nitrogens is 1. The summed E-state index contributed by atoms with van der Waals surface area (Å²) in [7, 11) is -1.07. The van der Waals surface area contributed by atoms with Crippen LogP contribution in [0.25, 0.3) is 11.3 Å². The summed E-state index contributed by atoms with van der Waals surface area (Å²) < 4.78 is 51.4. The predicted octanol–water partition coefficient (Wildman–Crippen LogP) is 4.34. The van der Waals surface area contributed by atoms with Gasteiger partial charge in [-0.3, -0.25) is 4.79 Å². The van der Waals surface area contributed by atoms with Crippen molar-refractivity contribution < 1.29 is 26.9 Å². The second-order valence-corrected chi connectivity index (χ2v) is 9.42. The molecule has 170 valence electrons. The number of carbonyl (C=O) groups excluding carboxylic acids is 1. The lowest BCUT2D eigenvalue weighted by Crippen LogP contribution is -2.23. The predicted molar refractivity (Wildman–Crippen MR) is 118 cm³/mol. The smallest absolute Gasteiger partial charge is 0.261 e. The fraction of sp³-hybridized carbons (Fsp3) is 0.238. The van der Waals surface area contributed by atoms with Crippen molar-refractivity contribution in [2.24, 2.45) is 0 Å². The van der Waals surface area contributed by atoms with E-state index in [1.165, 1.54) is 57.4 Å². The van der Waals surface area contributed by atoms with Gasteiger partial charge in [-0.15, -0.1) is 0 Å². The summed E-state index contributed by atoms with van der Waals surface area (Å²) in [6.45, 7) is 3.49. The lowest BCUT2D eigenvalue weighted by molar-refractivity contribution is 0.102. The van der Waals surface area contributed by atoms with E-state index in [1.807, 2.05) is 0 Å². The van der Waals surface area contributed by atoms with Crippen LogP contribution < -0.4 is 10.1 Å². The number of sulfonamides is 1. The summed E-state index contributed by atoms with van der Waals surface area (Å²) in [5.74, 6) is -1.04. The van der Waals surface area contributed by atoms with Crippen LogP contribution in [0.15, 0.2) is 45.8 Å². The van der Waals surface area contributed by atoms with E-state index >= 15 is 0 Å². The second-order valence-electron chi connectivity index (χ2n) is 6.90. The Labute approximate surface area is 190 Å². The SMILES string of the molecule is CCOc1ccc(NC(=O)c2c(-c3c(F)cccc3Cl)noc2C)cc1S(=O)(=O)N(C)C. The van der Waals surface area contributed by atoms with Gasteiger partial charge in [0, 0.05) is 19.8 Å².